The van der Waals surface area contributed by atoms with E-state index in [1.165, 1.54) is 38.5 Å². The van der Waals surface area contributed by atoms with Crippen LogP contribution in [-0.4, -0.2) is 94.5 Å². The summed E-state index contributed by atoms with van der Waals surface area (Å²) in [7, 11) is 0. The quantitative estimate of drug-likeness (QED) is 0.220. The number of aliphatic hydroxyl groups is 4. The van der Waals surface area contributed by atoms with Gasteiger partial charge in [0, 0.05) is 11.9 Å². The van der Waals surface area contributed by atoms with Gasteiger partial charge in [-0.25, -0.2) is 0 Å². The molecule has 0 aromatic carbocycles. The third kappa shape index (κ3) is 8.11. The Bertz CT molecular complexity index is 1320. The van der Waals surface area contributed by atoms with Crippen LogP contribution in [0.1, 0.15) is 170 Å². The largest absolute Gasteiger partial charge is 2.00 e. The molecule has 0 saturated heterocycles. The van der Waals surface area contributed by atoms with Gasteiger partial charge in [0.15, 0.2) is 0 Å². The number of rotatable bonds is 8. The number of carboxylic acid groups (broad SMARTS) is 2. The molecular weight excluding hydrogens is 745 g/mol. The first-order valence-electron chi connectivity index (χ1n) is 23.5. The maximum atomic E-state index is 11.5. The standard InChI is InChI=1S/2C24H40O4.Ca/c2*1-14(4-9-22(27)28)18-7-8-19-17-6-5-15-12-16(25)10-11-23(15,2)20(17)13-21(26)24(18,19)3;/h2*14-21,25-26H,4-13H2,1-3H3,(H,27,28);/q;;+2/p-2/t2*14-,15-,16-,17?,18-,19?,20?,21+,23+,24-;/m11./s1. The van der Waals surface area contributed by atoms with E-state index in [2.05, 4.69) is 41.5 Å². The molecule has 0 aromatic rings. The average molecular weight is 823 g/mol. The van der Waals surface area contributed by atoms with Crippen molar-refractivity contribution in [1.82, 2.24) is 0 Å². The number of hydrogen-bond acceptors (Lipinski definition) is 8. The molecule has 8 saturated carbocycles. The van der Waals surface area contributed by atoms with E-state index in [1.807, 2.05) is 0 Å². The number of carbonyl (C=O) groups is 2. The Hall–Kier alpha value is 0.0397. The first-order chi connectivity index (χ1) is 26.3. The minimum atomic E-state index is -0.957. The second-order valence-corrected chi connectivity index (χ2v) is 22.5. The Morgan fingerprint density at radius 2 is 0.912 bits per heavy atom. The minimum Gasteiger partial charge on any atom is -0.550 e. The Morgan fingerprint density at radius 1 is 0.544 bits per heavy atom. The maximum Gasteiger partial charge on any atom is 2.00 e. The van der Waals surface area contributed by atoms with Crippen LogP contribution in [0.25, 0.3) is 0 Å². The number of hydrogen-bond donors (Lipinski definition) is 4. The molecule has 0 heterocycles. The molecule has 9 heteroatoms. The SMILES string of the molecule is C[C@H](CCC(=O)[O-])[C@H]1CCC2C3CC[C@@H]4C[C@H](O)CC[C@]4(C)C3C[C@H](O)[C@@]21C.C[C@H](CCC(=O)[O-])[C@H]1CCC2C3CC[C@@H]4C[C@H](O)CC[C@]4(C)C3C[C@H](O)[C@@]21C.[Ca+2]. The van der Waals surface area contributed by atoms with Crippen LogP contribution >= 0.6 is 0 Å². The molecule has 0 amide bonds. The smallest absolute Gasteiger partial charge is 0.550 e. The van der Waals surface area contributed by atoms with Crippen LogP contribution in [-0.2, 0) is 9.59 Å². The van der Waals surface area contributed by atoms with Gasteiger partial charge in [0.05, 0.1) is 24.4 Å². The van der Waals surface area contributed by atoms with Gasteiger partial charge in [-0.15, -0.1) is 0 Å². The summed E-state index contributed by atoms with van der Waals surface area (Å²) in [6.45, 7) is 13.9. The van der Waals surface area contributed by atoms with E-state index in [4.69, 9.17) is 0 Å². The molecule has 20 atom stereocenters. The Kier molecular flexibility index (Phi) is 14.4. The monoisotopic (exact) mass is 823 g/mol. The van der Waals surface area contributed by atoms with Crippen molar-refractivity contribution >= 4 is 49.7 Å². The number of aliphatic hydroxyl groups excluding tert-OH is 4. The molecule has 0 radical (unpaired) electrons. The third-order valence-corrected chi connectivity index (χ3v) is 20.6. The third-order valence-electron chi connectivity index (χ3n) is 20.6. The van der Waals surface area contributed by atoms with Crippen molar-refractivity contribution in [2.75, 3.05) is 0 Å². The molecule has 0 bridgehead atoms. The van der Waals surface area contributed by atoms with E-state index < -0.39 is 11.9 Å². The number of carbonyl (C=O) groups excluding carboxylic acids is 2. The zero-order valence-electron chi connectivity index (χ0n) is 36.5. The fraction of sp³-hybridized carbons (Fsp3) is 0.958. The maximum absolute atomic E-state index is 11.5. The average Bonchev–Trinajstić information content (AvgIpc) is 3.70. The summed E-state index contributed by atoms with van der Waals surface area (Å²) >= 11 is 0. The van der Waals surface area contributed by atoms with Crippen molar-refractivity contribution in [2.24, 2.45) is 92.7 Å². The molecule has 8 aliphatic carbocycles. The van der Waals surface area contributed by atoms with Crippen molar-refractivity contribution in [3.05, 3.63) is 0 Å². The van der Waals surface area contributed by atoms with Gasteiger partial charge in [0.25, 0.3) is 0 Å². The van der Waals surface area contributed by atoms with Crippen LogP contribution in [0.2, 0.25) is 0 Å². The summed E-state index contributed by atoms with van der Waals surface area (Å²) in [5, 5.41) is 65.2. The van der Waals surface area contributed by atoms with Gasteiger partial charge < -0.3 is 40.2 Å². The molecule has 8 fully saturated rings. The van der Waals surface area contributed by atoms with Gasteiger partial charge in [0.2, 0.25) is 0 Å². The predicted molar refractivity (Wildman–Crippen MR) is 218 cm³/mol. The fourth-order valence-electron chi connectivity index (χ4n) is 17.4. The molecule has 8 aliphatic rings. The van der Waals surface area contributed by atoms with E-state index in [1.54, 1.807) is 0 Å². The molecular formula is C48H78CaO8. The summed E-state index contributed by atoms with van der Waals surface area (Å²) < 4.78 is 0. The second kappa shape index (κ2) is 17.7. The molecule has 0 aromatic heterocycles. The van der Waals surface area contributed by atoms with Crippen molar-refractivity contribution in [1.29, 1.82) is 0 Å². The second-order valence-electron chi connectivity index (χ2n) is 22.5. The summed E-state index contributed by atoms with van der Waals surface area (Å²) in [6, 6.07) is 0. The van der Waals surface area contributed by atoms with Crippen molar-refractivity contribution in [3.63, 3.8) is 0 Å². The Labute approximate surface area is 374 Å². The van der Waals surface area contributed by atoms with Crippen LogP contribution < -0.4 is 10.2 Å². The molecule has 4 N–H and O–H groups in total. The Morgan fingerprint density at radius 3 is 1.26 bits per heavy atom. The number of aliphatic carboxylic acids is 2. The van der Waals surface area contributed by atoms with Gasteiger partial charge in [-0.3, -0.25) is 0 Å². The normalized spacial score (nSPS) is 50.8. The zero-order valence-corrected chi connectivity index (χ0v) is 38.7. The van der Waals surface area contributed by atoms with E-state index >= 15 is 0 Å². The van der Waals surface area contributed by atoms with Gasteiger partial charge in [0.1, 0.15) is 0 Å². The van der Waals surface area contributed by atoms with Crippen LogP contribution in [0.4, 0.5) is 0 Å². The van der Waals surface area contributed by atoms with Crippen LogP contribution in [0, 0.1) is 92.7 Å². The molecule has 0 aliphatic heterocycles. The van der Waals surface area contributed by atoms with Crippen LogP contribution in [0.5, 0.6) is 0 Å². The van der Waals surface area contributed by atoms with E-state index in [0.717, 1.165) is 64.2 Å². The van der Waals surface area contributed by atoms with Gasteiger partial charge in [-0.2, -0.15) is 0 Å². The first-order valence-corrected chi connectivity index (χ1v) is 23.5. The fourth-order valence-corrected chi connectivity index (χ4v) is 17.4. The van der Waals surface area contributed by atoms with Crippen molar-refractivity contribution in [2.45, 2.75) is 194 Å². The van der Waals surface area contributed by atoms with Crippen molar-refractivity contribution in [3.8, 4) is 0 Å². The van der Waals surface area contributed by atoms with Crippen molar-refractivity contribution < 1.29 is 40.2 Å². The van der Waals surface area contributed by atoms with E-state index in [9.17, 15) is 40.2 Å². The van der Waals surface area contributed by atoms with Crippen LogP contribution in [0.3, 0.4) is 0 Å². The molecule has 57 heavy (non-hydrogen) atoms. The first kappa shape index (κ1) is 46.5. The summed E-state index contributed by atoms with van der Waals surface area (Å²) in [6.07, 6.45) is 18.0. The zero-order chi connectivity index (χ0) is 40.5. The number of carboxylic acids is 2. The molecule has 8 rings (SSSR count). The molecule has 0 spiro atoms. The summed E-state index contributed by atoms with van der Waals surface area (Å²) in [5.74, 6) is 4.37. The minimum absolute atomic E-state index is 0. The molecule has 320 valence electrons. The predicted octanol–water partition coefficient (Wildman–Crippen LogP) is 5.91. The van der Waals surface area contributed by atoms with E-state index in [0.29, 0.717) is 83.9 Å². The Balaban J connectivity index is 0.000000189. The number of fused-ring (bicyclic) bond motifs is 10. The van der Waals surface area contributed by atoms with Crippen LogP contribution in [0.15, 0.2) is 0 Å². The van der Waals surface area contributed by atoms with E-state index in [-0.39, 0.29) is 96.7 Å². The van der Waals surface area contributed by atoms with Gasteiger partial charge >= 0.3 is 37.7 Å². The molecule has 8 nitrogen and oxygen atoms in total. The summed E-state index contributed by atoms with van der Waals surface area (Å²) in [5.41, 5.74) is 0.375. The topological polar surface area (TPSA) is 161 Å². The summed E-state index contributed by atoms with van der Waals surface area (Å²) in [4.78, 5) is 21.9. The van der Waals surface area contributed by atoms with Gasteiger partial charge in [-0.05, 0) is 221 Å². The van der Waals surface area contributed by atoms with Gasteiger partial charge in [-0.1, -0.05) is 41.5 Å². The molecule has 6 unspecified atom stereocenters.